The molecule has 2 aromatic heterocycles. The molecule has 0 aromatic carbocycles. The van der Waals surface area contributed by atoms with Crippen molar-refractivity contribution in [1.82, 2.24) is 9.97 Å². The minimum Gasteiger partial charge on any atom is -0.469 e. The fourth-order valence-electron chi connectivity index (χ4n) is 1.21. The van der Waals surface area contributed by atoms with Crippen molar-refractivity contribution in [3.8, 4) is 0 Å². The third-order valence-corrected chi connectivity index (χ3v) is 4.34. The molecule has 7 nitrogen and oxygen atoms in total. The van der Waals surface area contributed by atoms with E-state index in [9.17, 15) is 9.59 Å². The van der Waals surface area contributed by atoms with Crippen molar-refractivity contribution in [3.05, 3.63) is 26.1 Å². The second-order valence-electron chi connectivity index (χ2n) is 3.77. The molecule has 0 aliphatic rings. The van der Waals surface area contributed by atoms with Crippen molar-refractivity contribution in [2.24, 2.45) is 0 Å². The number of aromatic nitrogens is 2. The molecule has 2 aromatic rings. The molecule has 0 spiro atoms. The molecule has 2 N–H and O–H groups in total. The molecular formula is C12H14BrN3O4S2. The fraction of sp³-hybridized carbons (Fsp3) is 0.333. The lowest BCUT2D eigenvalue weighted by Crippen LogP contribution is -2.04. The van der Waals surface area contributed by atoms with E-state index in [0.29, 0.717) is 10.8 Å². The number of nitrogens with zero attached hydrogens (tertiary/aromatic N) is 2. The number of carbonyl (C=O) groups excluding carboxylic acids is 2. The number of methoxy groups -OCH3 is 2. The first-order valence-electron chi connectivity index (χ1n) is 5.88. The summed E-state index contributed by atoms with van der Waals surface area (Å²) in [5, 5.41) is 4.04. The summed E-state index contributed by atoms with van der Waals surface area (Å²) < 4.78 is 9.71. The SMILES string of the molecule is COC(=O)Cc1csc(Br)n1.COC(=O)Cc1csc(N)n1. The molecule has 10 heteroatoms. The predicted molar refractivity (Wildman–Crippen MR) is 87.8 cm³/mol. The smallest absolute Gasteiger partial charge is 0.311 e. The lowest BCUT2D eigenvalue weighted by Gasteiger charge is -1.93. The van der Waals surface area contributed by atoms with Crippen molar-refractivity contribution in [3.63, 3.8) is 0 Å². The Balaban J connectivity index is 0.000000220. The van der Waals surface area contributed by atoms with E-state index in [-0.39, 0.29) is 24.8 Å². The molecule has 2 heterocycles. The highest BCUT2D eigenvalue weighted by atomic mass is 79.9. The van der Waals surface area contributed by atoms with Gasteiger partial charge in [0.25, 0.3) is 0 Å². The summed E-state index contributed by atoms with van der Waals surface area (Å²) in [6, 6.07) is 0. The second-order valence-corrected chi connectivity index (χ2v) is 6.80. The van der Waals surface area contributed by atoms with Gasteiger partial charge < -0.3 is 15.2 Å². The number of hydrogen-bond acceptors (Lipinski definition) is 9. The monoisotopic (exact) mass is 407 g/mol. The molecule has 22 heavy (non-hydrogen) atoms. The first-order valence-corrected chi connectivity index (χ1v) is 8.43. The van der Waals surface area contributed by atoms with Gasteiger partial charge in [0.15, 0.2) is 9.05 Å². The Morgan fingerprint density at radius 2 is 1.59 bits per heavy atom. The molecular weight excluding hydrogens is 394 g/mol. The molecule has 0 unspecified atom stereocenters. The van der Waals surface area contributed by atoms with Crippen LogP contribution in [0.25, 0.3) is 0 Å². The molecule has 0 saturated carbocycles. The van der Waals surface area contributed by atoms with Gasteiger partial charge in [0.05, 0.1) is 38.4 Å². The lowest BCUT2D eigenvalue weighted by molar-refractivity contribution is -0.140. The first-order chi connectivity index (χ1) is 10.4. The van der Waals surface area contributed by atoms with E-state index in [0.717, 1.165) is 9.61 Å². The summed E-state index contributed by atoms with van der Waals surface area (Å²) in [5.74, 6) is -0.557. The normalized spacial score (nSPS) is 9.59. The maximum absolute atomic E-state index is 10.7. The first kappa shape index (κ1) is 18.5. The average molecular weight is 408 g/mol. The van der Waals surface area contributed by atoms with E-state index in [2.05, 4.69) is 35.4 Å². The summed E-state index contributed by atoms with van der Waals surface area (Å²) in [6.45, 7) is 0. The molecule has 0 bridgehead atoms. The van der Waals surface area contributed by atoms with Gasteiger partial charge in [-0.2, -0.15) is 0 Å². The van der Waals surface area contributed by atoms with Gasteiger partial charge in [0.2, 0.25) is 0 Å². The Hall–Kier alpha value is -1.52. The van der Waals surface area contributed by atoms with Crippen LogP contribution in [0.1, 0.15) is 11.4 Å². The Morgan fingerprint density at radius 1 is 1.09 bits per heavy atom. The minimum atomic E-state index is -0.296. The summed E-state index contributed by atoms with van der Waals surface area (Å²) in [5.41, 5.74) is 6.76. The van der Waals surface area contributed by atoms with Crippen LogP contribution in [0.4, 0.5) is 5.13 Å². The van der Waals surface area contributed by atoms with E-state index in [1.807, 2.05) is 5.38 Å². The molecule has 120 valence electrons. The van der Waals surface area contributed by atoms with Gasteiger partial charge >= 0.3 is 11.9 Å². The summed E-state index contributed by atoms with van der Waals surface area (Å²) in [4.78, 5) is 29.3. The largest absolute Gasteiger partial charge is 0.469 e. The van der Waals surface area contributed by atoms with Crippen molar-refractivity contribution < 1.29 is 19.1 Å². The average Bonchev–Trinajstić information content (AvgIpc) is 3.08. The topological polar surface area (TPSA) is 104 Å². The third kappa shape index (κ3) is 6.96. The Bertz CT molecular complexity index is 575. The van der Waals surface area contributed by atoms with Gasteiger partial charge in [-0.1, -0.05) is 0 Å². The van der Waals surface area contributed by atoms with Gasteiger partial charge in [-0.25, -0.2) is 9.97 Å². The molecule has 2 rings (SSSR count). The zero-order chi connectivity index (χ0) is 16.5. The summed E-state index contributed by atoms with van der Waals surface area (Å²) in [6.07, 6.45) is 0.447. The van der Waals surface area contributed by atoms with Crippen molar-refractivity contribution in [2.75, 3.05) is 20.0 Å². The molecule has 0 saturated heterocycles. The maximum Gasteiger partial charge on any atom is 0.311 e. The van der Waals surface area contributed by atoms with Crippen LogP contribution >= 0.6 is 38.6 Å². The highest BCUT2D eigenvalue weighted by Crippen LogP contribution is 2.16. The van der Waals surface area contributed by atoms with Gasteiger partial charge in [-0.15, -0.1) is 22.7 Å². The quantitative estimate of drug-likeness (QED) is 0.773. The number of carbonyl (C=O) groups is 2. The van der Waals surface area contributed by atoms with Crippen LogP contribution in [-0.4, -0.2) is 36.1 Å². The number of ether oxygens (including phenoxy) is 2. The lowest BCUT2D eigenvalue weighted by atomic mass is 10.3. The van der Waals surface area contributed by atoms with Gasteiger partial charge in [0, 0.05) is 10.8 Å². The summed E-state index contributed by atoms with van der Waals surface area (Å²) >= 11 is 5.97. The van der Waals surface area contributed by atoms with Crippen LogP contribution in [0, 0.1) is 0 Å². The van der Waals surface area contributed by atoms with E-state index < -0.39 is 0 Å². The highest BCUT2D eigenvalue weighted by molar-refractivity contribution is 9.11. The van der Waals surface area contributed by atoms with Crippen LogP contribution in [0.5, 0.6) is 0 Å². The Morgan fingerprint density at radius 3 is 1.95 bits per heavy atom. The number of nitrogens with two attached hydrogens (primary N) is 1. The number of thiazole rings is 2. The van der Waals surface area contributed by atoms with Crippen LogP contribution in [0.15, 0.2) is 14.7 Å². The number of esters is 2. The number of anilines is 1. The zero-order valence-electron chi connectivity index (χ0n) is 11.9. The van der Waals surface area contributed by atoms with Gasteiger partial charge in [-0.05, 0) is 15.9 Å². The molecule has 0 fully saturated rings. The predicted octanol–water partition coefficient (Wildman–Crippen LogP) is 2.06. The molecule has 0 aliphatic carbocycles. The summed E-state index contributed by atoms with van der Waals surface area (Å²) in [7, 11) is 2.71. The van der Waals surface area contributed by atoms with Crippen molar-refractivity contribution in [1.29, 1.82) is 0 Å². The van der Waals surface area contributed by atoms with Crippen LogP contribution in [-0.2, 0) is 31.9 Å². The molecule has 0 radical (unpaired) electrons. The van der Waals surface area contributed by atoms with Crippen molar-refractivity contribution in [2.45, 2.75) is 12.8 Å². The van der Waals surface area contributed by atoms with Crippen LogP contribution < -0.4 is 5.73 Å². The number of hydrogen-bond donors (Lipinski definition) is 1. The minimum absolute atomic E-state index is 0.199. The molecule has 0 amide bonds. The molecule has 0 atom stereocenters. The highest BCUT2D eigenvalue weighted by Gasteiger charge is 2.06. The Kier molecular flexibility index (Phi) is 7.99. The van der Waals surface area contributed by atoms with Crippen molar-refractivity contribution >= 4 is 55.7 Å². The van der Waals surface area contributed by atoms with E-state index in [1.165, 1.54) is 36.9 Å². The standard InChI is InChI=1S/C6H6BrNO2S.C6H8N2O2S/c2*1-10-5(9)2-4-3-11-6(7)8-4/h3H,2H2,1H3;3H,2H2,1H3,(H2,7,8). The van der Waals surface area contributed by atoms with Crippen LogP contribution in [0.2, 0.25) is 0 Å². The zero-order valence-corrected chi connectivity index (χ0v) is 15.1. The third-order valence-electron chi connectivity index (χ3n) is 2.20. The fourth-order valence-corrected chi connectivity index (χ4v) is 2.82. The molecule has 0 aliphatic heterocycles. The van der Waals surface area contributed by atoms with Gasteiger partial charge in [0.1, 0.15) is 0 Å². The number of nitrogen functional groups attached to an aromatic ring is 1. The second kappa shape index (κ2) is 9.49. The number of rotatable bonds is 4. The number of halogens is 1. The Labute approximate surface area is 143 Å². The van der Waals surface area contributed by atoms with E-state index in [4.69, 9.17) is 5.73 Å². The van der Waals surface area contributed by atoms with E-state index in [1.54, 1.807) is 5.38 Å². The maximum atomic E-state index is 10.7. The van der Waals surface area contributed by atoms with E-state index >= 15 is 0 Å². The van der Waals surface area contributed by atoms with Crippen LogP contribution in [0.3, 0.4) is 0 Å². The van der Waals surface area contributed by atoms with Gasteiger partial charge in [-0.3, -0.25) is 9.59 Å².